The number of rotatable bonds is 2. The predicted molar refractivity (Wildman–Crippen MR) is 58.4 cm³/mol. The van der Waals surface area contributed by atoms with E-state index >= 15 is 0 Å². The van der Waals surface area contributed by atoms with E-state index in [1.54, 1.807) is 0 Å². The van der Waals surface area contributed by atoms with E-state index in [0.29, 0.717) is 0 Å². The van der Waals surface area contributed by atoms with Gasteiger partial charge in [0.1, 0.15) is 0 Å². The van der Waals surface area contributed by atoms with Crippen LogP contribution in [0, 0.1) is 13.8 Å². The predicted octanol–water partition coefficient (Wildman–Crippen LogP) is 2.34. The Morgan fingerprint density at radius 1 is 1.20 bits per heavy atom. The van der Waals surface area contributed by atoms with Gasteiger partial charge in [0.15, 0.2) is 5.76 Å². The maximum Gasteiger partial charge on any atom is 0.161 e. The van der Waals surface area contributed by atoms with Crippen molar-refractivity contribution in [3.8, 4) is 0 Å². The summed E-state index contributed by atoms with van der Waals surface area (Å²) in [6, 6.07) is 9.65. The molecule has 15 heavy (non-hydrogen) atoms. The molecule has 0 amide bonds. The molecule has 1 unspecified atom stereocenters. The van der Waals surface area contributed by atoms with Crippen molar-refractivity contribution in [2.75, 3.05) is 0 Å². The van der Waals surface area contributed by atoms with Gasteiger partial charge < -0.3 is 10.3 Å². The second kappa shape index (κ2) is 3.87. The molecule has 0 bridgehead atoms. The van der Waals surface area contributed by atoms with Gasteiger partial charge in [0.05, 0.1) is 11.7 Å². The van der Waals surface area contributed by atoms with Gasteiger partial charge in [-0.15, -0.1) is 0 Å². The molecule has 0 aliphatic rings. The molecular weight excluding hydrogens is 188 g/mol. The molecule has 0 saturated heterocycles. The van der Waals surface area contributed by atoms with E-state index in [4.69, 9.17) is 10.3 Å². The standard InChI is InChI=1S/C12H14N2O/c1-8-9(2)14-15-12(8)11(13)10-6-4-3-5-7-10/h3-7,11H,13H2,1-2H3. The summed E-state index contributed by atoms with van der Waals surface area (Å²) < 4.78 is 5.24. The van der Waals surface area contributed by atoms with Crippen LogP contribution >= 0.6 is 0 Å². The first-order chi connectivity index (χ1) is 7.20. The average Bonchev–Trinajstić information content (AvgIpc) is 2.60. The first-order valence-corrected chi connectivity index (χ1v) is 4.93. The zero-order valence-corrected chi connectivity index (χ0v) is 8.90. The van der Waals surface area contributed by atoms with Crippen molar-refractivity contribution in [2.24, 2.45) is 5.73 Å². The summed E-state index contributed by atoms with van der Waals surface area (Å²) in [5, 5.41) is 3.91. The fourth-order valence-corrected chi connectivity index (χ4v) is 1.53. The number of hydrogen-bond acceptors (Lipinski definition) is 3. The van der Waals surface area contributed by atoms with Gasteiger partial charge in [0.25, 0.3) is 0 Å². The van der Waals surface area contributed by atoms with Crippen LogP contribution in [-0.4, -0.2) is 5.16 Å². The molecule has 0 radical (unpaired) electrons. The van der Waals surface area contributed by atoms with Crippen LogP contribution in [0.15, 0.2) is 34.9 Å². The summed E-state index contributed by atoms with van der Waals surface area (Å²) >= 11 is 0. The molecule has 0 spiro atoms. The Labute approximate surface area is 88.9 Å². The minimum Gasteiger partial charge on any atom is -0.359 e. The molecule has 2 rings (SSSR count). The minimum atomic E-state index is -0.229. The van der Waals surface area contributed by atoms with E-state index < -0.39 is 0 Å². The van der Waals surface area contributed by atoms with Crippen LogP contribution < -0.4 is 5.73 Å². The molecule has 2 aromatic rings. The molecule has 1 atom stereocenters. The summed E-state index contributed by atoms with van der Waals surface area (Å²) in [6.07, 6.45) is 0. The maximum absolute atomic E-state index is 6.10. The highest BCUT2D eigenvalue weighted by Gasteiger charge is 2.17. The lowest BCUT2D eigenvalue weighted by atomic mass is 10.0. The highest BCUT2D eigenvalue weighted by atomic mass is 16.5. The number of aryl methyl sites for hydroxylation is 1. The van der Waals surface area contributed by atoms with Gasteiger partial charge in [0.2, 0.25) is 0 Å². The molecule has 0 fully saturated rings. The van der Waals surface area contributed by atoms with Gasteiger partial charge in [-0.2, -0.15) is 0 Å². The normalized spacial score (nSPS) is 12.7. The van der Waals surface area contributed by atoms with Gasteiger partial charge in [-0.3, -0.25) is 0 Å². The fraction of sp³-hybridized carbons (Fsp3) is 0.250. The van der Waals surface area contributed by atoms with Crippen LogP contribution in [0.1, 0.15) is 28.6 Å². The Hall–Kier alpha value is -1.61. The number of hydrogen-bond donors (Lipinski definition) is 1. The van der Waals surface area contributed by atoms with Gasteiger partial charge >= 0.3 is 0 Å². The molecule has 78 valence electrons. The third kappa shape index (κ3) is 1.78. The van der Waals surface area contributed by atoms with Crippen LogP contribution in [0.5, 0.6) is 0 Å². The van der Waals surface area contributed by atoms with Crippen molar-refractivity contribution in [3.63, 3.8) is 0 Å². The molecule has 2 N–H and O–H groups in total. The van der Waals surface area contributed by atoms with E-state index in [9.17, 15) is 0 Å². The maximum atomic E-state index is 6.10. The lowest BCUT2D eigenvalue weighted by Gasteiger charge is -2.08. The van der Waals surface area contributed by atoms with E-state index in [0.717, 1.165) is 22.6 Å². The highest BCUT2D eigenvalue weighted by molar-refractivity contribution is 5.31. The first-order valence-electron chi connectivity index (χ1n) is 4.93. The Morgan fingerprint density at radius 3 is 2.40 bits per heavy atom. The smallest absolute Gasteiger partial charge is 0.161 e. The van der Waals surface area contributed by atoms with Crippen molar-refractivity contribution < 1.29 is 4.52 Å². The lowest BCUT2D eigenvalue weighted by Crippen LogP contribution is -2.11. The van der Waals surface area contributed by atoms with Crippen molar-refractivity contribution in [2.45, 2.75) is 19.9 Å². The third-order valence-corrected chi connectivity index (χ3v) is 2.63. The van der Waals surface area contributed by atoms with E-state index in [2.05, 4.69) is 5.16 Å². The SMILES string of the molecule is Cc1noc(C(N)c2ccccc2)c1C. The van der Waals surface area contributed by atoms with E-state index in [1.807, 2.05) is 44.2 Å². The first kappa shape index (κ1) is 9.93. The monoisotopic (exact) mass is 202 g/mol. The Kier molecular flexibility index (Phi) is 2.56. The molecule has 1 aromatic heterocycles. The quantitative estimate of drug-likeness (QED) is 0.813. The molecule has 0 aliphatic carbocycles. The molecule has 3 heteroatoms. The molecular formula is C12H14N2O. The zero-order valence-electron chi connectivity index (χ0n) is 8.90. The van der Waals surface area contributed by atoms with Gasteiger partial charge in [-0.1, -0.05) is 35.5 Å². The van der Waals surface area contributed by atoms with Crippen molar-refractivity contribution in [1.29, 1.82) is 0 Å². The van der Waals surface area contributed by atoms with Gasteiger partial charge in [0, 0.05) is 5.56 Å². The largest absolute Gasteiger partial charge is 0.359 e. The summed E-state index contributed by atoms with van der Waals surface area (Å²) in [5.74, 6) is 0.749. The van der Waals surface area contributed by atoms with Crippen molar-refractivity contribution in [1.82, 2.24) is 5.16 Å². The molecule has 1 aromatic carbocycles. The van der Waals surface area contributed by atoms with E-state index in [1.165, 1.54) is 0 Å². The summed E-state index contributed by atoms with van der Waals surface area (Å²) in [6.45, 7) is 3.89. The summed E-state index contributed by atoms with van der Waals surface area (Å²) in [5.41, 5.74) is 9.07. The zero-order chi connectivity index (χ0) is 10.8. The van der Waals surface area contributed by atoms with Gasteiger partial charge in [-0.05, 0) is 19.4 Å². The number of nitrogens with zero attached hydrogens (tertiary/aromatic N) is 1. The molecule has 0 saturated carbocycles. The third-order valence-electron chi connectivity index (χ3n) is 2.63. The summed E-state index contributed by atoms with van der Waals surface area (Å²) in [4.78, 5) is 0. The Bertz CT molecular complexity index is 448. The second-order valence-corrected chi connectivity index (χ2v) is 3.65. The average molecular weight is 202 g/mol. The van der Waals surface area contributed by atoms with Crippen LogP contribution in [0.3, 0.4) is 0 Å². The number of nitrogens with two attached hydrogens (primary N) is 1. The van der Waals surface area contributed by atoms with Crippen molar-refractivity contribution in [3.05, 3.63) is 52.9 Å². The van der Waals surface area contributed by atoms with Crippen molar-refractivity contribution >= 4 is 0 Å². The minimum absolute atomic E-state index is 0.229. The Balaban J connectivity index is 2.37. The summed E-state index contributed by atoms with van der Waals surface area (Å²) in [7, 11) is 0. The van der Waals surface area contributed by atoms with Crippen LogP contribution in [0.2, 0.25) is 0 Å². The van der Waals surface area contributed by atoms with Crippen LogP contribution in [-0.2, 0) is 0 Å². The fourth-order valence-electron chi connectivity index (χ4n) is 1.53. The number of aromatic nitrogens is 1. The van der Waals surface area contributed by atoms with Gasteiger partial charge in [-0.25, -0.2) is 0 Å². The second-order valence-electron chi connectivity index (χ2n) is 3.65. The number of benzene rings is 1. The lowest BCUT2D eigenvalue weighted by molar-refractivity contribution is 0.368. The van der Waals surface area contributed by atoms with Crippen LogP contribution in [0.4, 0.5) is 0 Å². The topological polar surface area (TPSA) is 52.0 Å². The Morgan fingerprint density at radius 2 is 1.87 bits per heavy atom. The molecule has 3 nitrogen and oxygen atoms in total. The molecule has 0 aliphatic heterocycles. The van der Waals surface area contributed by atoms with Crippen LogP contribution in [0.25, 0.3) is 0 Å². The van der Waals surface area contributed by atoms with E-state index in [-0.39, 0.29) is 6.04 Å². The molecule has 1 heterocycles. The highest BCUT2D eigenvalue weighted by Crippen LogP contribution is 2.23.